The molecule has 1 fully saturated rings. The fourth-order valence-electron chi connectivity index (χ4n) is 2.65. The highest BCUT2D eigenvalue weighted by Crippen LogP contribution is 2.35. The van der Waals surface area contributed by atoms with Gasteiger partial charge >= 0.3 is 0 Å². The highest BCUT2D eigenvalue weighted by molar-refractivity contribution is 5.57. The molecular weight excluding hydrogens is 240 g/mol. The van der Waals surface area contributed by atoms with Gasteiger partial charge in [0.1, 0.15) is 0 Å². The molecule has 0 unspecified atom stereocenters. The average Bonchev–Trinajstić information content (AvgIpc) is 2.82. The summed E-state index contributed by atoms with van der Waals surface area (Å²) in [6.45, 7) is 8.12. The average molecular weight is 262 g/mol. The van der Waals surface area contributed by atoms with Gasteiger partial charge in [0.2, 0.25) is 6.79 Å². The van der Waals surface area contributed by atoms with Gasteiger partial charge in [0.05, 0.1) is 0 Å². The maximum Gasteiger partial charge on any atom is 0.231 e. The molecule has 2 aliphatic rings. The normalized spacial score (nSPS) is 21.9. The molecule has 104 valence electrons. The van der Waals surface area contributed by atoms with Crippen LogP contribution in [0.5, 0.6) is 11.5 Å². The third kappa shape index (κ3) is 2.78. The van der Waals surface area contributed by atoms with E-state index in [4.69, 9.17) is 9.47 Å². The van der Waals surface area contributed by atoms with Crippen molar-refractivity contribution in [2.75, 3.05) is 31.3 Å². The second kappa shape index (κ2) is 4.93. The zero-order valence-corrected chi connectivity index (χ0v) is 11.7. The van der Waals surface area contributed by atoms with E-state index < -0.39 is 0 Å². The van der Waals surface area contributed by atoms with Crippen LogP contribution in [0.15, 0.2) is 18.2 Å². The van der Waals surface area contributed by atoms with Gasteiger partial charge in [0.15, 0.2) is 11.5 Å². The van der Waals surface area contributed by atoms with Crippen molar-refractivity contribution >= 4 is 5.69 Å². The quantitative estimate of drug-likeness (QED) is 0.842. The van der Waals surface area contributed by atoms with E-state index in [2.05, 4.69) is 36.2 Å². The monoisotopic (exact) mass is 262 g/mol. The zero-order valence-electron chi connectivity index (χ0n) is 11.7. The van der Waals surface area contributed by atoms with E-state index in [1.165, 1.54) is 5.69 Å². The van der Waals surface area contributed by atoms with Crippen LogP contribution >= 0.6 is 0 Å². The van der Waals surface area contributed by atoms with Crippen molar-refractivity contribution in [3.05, 3.63) is 18.2 Å². The molecule has 0 atom stereocenters. The second-order valence-electron chi connectivity index (χ2n) is 5.94. The van der Waals surface area contributed by atoms with Crippen LogP contribution < -0.4 is 19.7 Å². The summed E-state index contributed by atoms with van der Waals surface area (Å²) < 4.78 is 10.8. The Bertz CT molecular complexity index is 459. The van der Waals surface area contributed by atoms with Crippen molar-refractivity contribution in [2.24, 2.45) is 0 Å². The molecule has 0 spiro atoms. The van der Waals surface area contributed by atoms with Gasteiger partial charge in [-0.15, -0.1) is 0 Å². The van der Waals surface area contributed by atoms with E-state index in [1.54, 1.807) is 0 Å². The summed E-state index contributed by atoms with van der Waals surface area (Å²) in [5.74, 6) is 1.73. The highest BCUT2D eigenvalue weighted by Gasteiger charge is 2.22. The van der Waals surface area contributed by atoms with Crippen LogP contribution in [0.25, 0.3) is 0 Å². The van der Waals surface area contributed by atoms with Crippen LogP contribution in [0.4, 0.5) is 5.69 Å². The summed E-state index contributed by atoms with van der Waals surface area (Å²) in [5.41, 5.74) is 1.46. The van der Waals surface area contributed by atoms with Crippen molar-refractivity contribution in [3.8, 4) is 11.5 Å². The number of benzene rings is 1. The first-order valence-corrected chi connectivity index (χ1v) is 7.04. The number of rotatable bonds is 1. The minimum absolute atomic E-state index is 0.217. The molecule has 0 aromatic heterocycles. The van der Waals surface area contributed by atoms with Gasteiger partial charge in [-0.25, -0.2) is 0 Å². The minimum atomic E-state index is 0.217. The Hall–Kier alpha value is -1.42. The summed E-state index contributed by atoms with van der Waals surface area (Å²) in [6.07, 6.45) is 2.30. The lowest BCUT2D eigenvalue weighted by Crippen LogP contribution is -2.46. The Kier molecular flexibility index (Phi) is 3.27. The number of nitrogens with one attached hydrogen (secondary N) is 1. The van der Waals surface area contributed by atoms with Gasteiger partial charge in [-0.05, 0) is 45.4 Å². The predicted molar refractivity (Wildman–Crippen MR) is 76.1 cm³/mol. The first kappa shape index (κ1) is 12.6. The molecule has 19 heavy (non-hydrogen) atoms. The van der Waals surface area contributed by atoms with Gasteiger partial charge in [-0.3, -0.25) is 0 Å². The Morgan fingerprint density at radius 3 is 2.89 bits per heavy atom. The van der Waals surface area contributed by atoms with E-state index >= 15 is 0 Å². The molecule has 3 rings (SSSR count). The summed E-state index contributed by atoms with van der Waals surface area (Å²) >= 11 is 0. The molecule has 0 bridgehead atoms. The first-order valence-electron chi connectivity index (χ1n) is 7.04. The summed E-state index contributed by atoms with van der Waals surface area (Å²) in [7, 11) is 0. The van der Waals surface area contributed by atoms with Gasteiger partial charge in [0.25, 0.3) is 0 Å². The molecule has 1 saturated heterocycles. The zero-order chi connectivity index (χ0) is 13.3. The SMILES string of the molecule is CC1(C)CCN(c2ccc3c(c2)OCO3)CCCN1. The van der Waals surface area contributed by atoms with Crippen molar-refractivity contribution in [2.45, 2.75) is 32.2 Å². The lowest BCUT2D eigenvalue weighted by Gasteiger charge is -2.35. The van der Waals surface area contributed by atoms with Gasteiger partial charge in [-0.2, -0.15) is 0 Å². The summed E-state index contributed by atoms with van der Waals surface area (Å²) in [6, 6.07) is 6.25. The number of hydrogen-bond donors (Lipinski definition) is 1. The van der Waals surface area contributed by atoms with Crippen molar-refractivity contribution in [1.82, 2.24) is 5.32 Å². The highest BCUT2D eigenvalue weighted by atomic mass is 16.7. The van der Waals surface area contributed by atoms with E-state index in [0.717, 1.165) is 44.0 Å². The maximum atomic E-state index is 5.47. The van der Waals surface area contributed by atoms with Crippen LogP contribution in [0.3, 0.4) is 0 Å². The second-order valence-corrected chi connectivity index (χ2v) is 5.94. The molecule has 1 aromatic rings. The molecule has 0 aliphatic carbocycles. The molecular formula is C15H22N2O2. The van der Waals surface area contributed by atoms with Gasteiger partial charge in [0, 0.05) is 30.4 Å². The number of hydrogen-bond acceptors (Lipinski definition) is 4. The predicted octanol–water partition coefficient (Wildman–Crippen LogP) is 2.38. The van der Waals surface area contributed by atoms with Crippen molar-refractivity contribution in [3.63, 3.8) is 0 Å². The lowest BCUT2D eigenvalue weighted by atomic mass is 9.98. The molecule has 4 nitrogen and oxygen atoms in total. The van der Waals surface area contributed by atoms with Crippen molar-refractivity contribution < 1.29 is 9.47 Å². The van der Waals surface area contributed by atoms with E-state index in [0.29, 0.717) is 6.79 Å². The lowest BCUT2D eigenvalue weighted by molar-refractivity contribution is 0.174. The number of ether oxygens (including phenoxy) is 2. The molecule has 2 heterocycles. The van der Waals surface area contributed by atoms with Crippen LogP contribution in [0, 0.1) is 0 Å². The summed E-state index contributed by atoms with van der Waals surface area (Å²) in [4.78, 5) is 2.45. The van der Waals surface area contributed by atoms with Gasteiger partial charge < -0.3 is 19.7 Å². The van der Waals surface area contributed by atoms with Crippen LogP contribution in [0.2, 0.25) is 0 Å². The molecule has 0 amide bonds. The Balaban J connectivity index is 1.76. The van der Waals surface area contributed by atoms with E-state index in [9.17, 15) is 0 Å². The molecule has 1 aromatic carbocycles. The third-order valence-corrected chi connectivity index (χ3v) is 3.94. The number of fused-ring (bicyclic) bond motifs is 1. The van der Waals surface area contributed by atoms with Crippen molar-refractivity contribution in [1.29, 1.82) is 0 Å². The standard InChI is InChI=1S/C15H22N2O2/c1-15(2)6-9-17(8-3-7-16-15)12-4-5-13-14(10-12)19-11-18-13/h4-5,10,16H,3,6-9,11H2,1-2H3. The Labute approximate surface area is 114 Å². The van der Waals surface area contributed by atoms with Crippen LogP contribution in [0.1, 0.15) is 26.7 Å². The number of anilines is 1. The smallest absolute Gasteiger partial charge is 0.231 e. The summed E-state index contributed by atoms with van der Waals surface area (Å²) in [5, 5.41) is 3.60. The largest absolute Gasteiger partial charge is 0.454 e. The molecule has 2 aliphatic heterocycles. The fraction of sp³-hybridized carbons (Fsp3) is 0.600. The molecule has 1 N–H and O–H groups in total. The Morgan fingerprint density at radius 2 is 2.00 bits per heavy atom. The van der Waals surface area contributed by atoms with Gasteiger partial charge in [-0.1, -0.05) is 0 Å². The van der Waals surface area contributed by atoms with E-state index in [1.807, 2.05) is 6.07 Å². The fourth-order valence-corrected chi connectivity index (χ4v) is 2.65. The topological polar surface area (TPSA) is 33.7 Å². The molecule has 4 heteroatoms. The van der Waals surface area contributed by atoms with E-state index in [-0.39, 0.29) is 5.54 Å². The minimum Gasteiger partial charge on any atom is -0.454 e. The molecule has 0 radical (unpaired) electrons. The first-order chi connectivity index (χ1) is 9.14. The Morgan fingerprint density at radius 1 is 1.16 bits per heavy atom. The third-order valence-electron chi connectivity index (χ3n) is 3.94. The molecule has 0 saturated carbocycles. The van der Waals surface area contributed by atoms with Crippen LogP contribution in [-0.4, -0.2) is 32.0 Å². The number of nitrogens with zero attached hydrogens (tertiary/aromatic N) is 1. The van der Waals surface area contributed by atoms with Crippen LogP contribution in [-0.2, 0) is 0 Å². The maximum absolute atomic E-state index is 5.47.